The minimum Gasteiger partial charge on any atom is -0.461 e. The van der Waals surface area contributed by atoms with Crippen LogP contribution in [0, 0.1) is 19.3 Å². The number of carbonyl (C=O) groups excluding carboxylic acids is 1. The maximum absolute atomic E-state index is 12.4. The standard InChI is InChI=1S/C19H18F2N2O2S/c1-4-11-23(15-8-6-5-7-9-15)19-22-14(3)16(26-19)18(24)25-12-10-13(2)17(20)21/h1,5-9H,10-12H2,2-3H3. The summed E-state index contributed by atoms with van der Waals surface area (Å²) in [7, 11) is 0. The summed E-state index contributed by atoms with van der Waals surface area (Å²) in [6.45, 7) is 3.19. The zero-order chi connectivity index (χ0) is 19.1. The van der Waals surface area contributed by atoms with Gasteiger partial charge in [0, 0.05) is 12.1 Å². The fraction of sp³-hybridized carbons (Fsp3) is 0.263. The molecule has 0 saturated carbocycles. The number of hydrogen-bond donors (Lipinski definition) is 0. The van der Waals surface area contributed by atoms with Crippen molar-refractivity contribution in [3.05, 3.63) is 52.6 Å². The molecule has 7 heteroatoms. The highest BCUT2D eigenvalue weighted by Gasteiger charge is 2.20. The van der Waals surface area contributed by atoms with Gasteiger partial charge in [-0.05, 0) is 31.6 Å². The molecule has 0 N–H and O–H groups in total. The van der Waals surface area contributed by atoms with E-state index < -0.39 is 12.0 Å². The number of carbonyl (C=O) groups is 1. The van der Waals surface area contributed by atoms with Crippen LogP contribution < -0.4 is 4.90 Å². The van der Waals surface area contributed by atoms with Crippen molar-refractivity contribution in [2.24, 2.45) is 0 Å². The van der Waals surface area contributed by atoms with Gasteiger partial charge in [-0.1, -0.05) is 35.5 Å². The fourth-order valence-corrected chi connectivity index (χ4v) is 3.09. The Hall–Kier alpha value is -2.72. The van der Waals surface area contributed by atoms with E-state index in [1.165, 1.54) is 6.92 Å². The van der Waals surface area contributed by atoms with Gasteiger partial charge in [0.15, 0.2) is 5.13 Å². The molecule has 136 valence electrons. The Morgan fingerprint density at radius 2 is 2.04 bits per heavy atom. The van der Waals surface area contributed by atoms with Gasteiger partial charge in [0.25, 0.3) is 6.08 Å². The molecular weight excluding hydrogens is 358 g/mol. The van der Waals surface area contributed by atoms with Crippen LogP contribution in [0.25, 0.3) is 0 Å². The molecule has 0 saturated heterocycles. The van der Waals surface area contributed by atoms with Gasteiger partial charge >= 0.3 is 5.97 Å². The molecule has 1 aromatic heterocycles. The Balaban J connectivity index is 2.15. The van der Waals surface area contributed by atoms with Gasteiger partial charge in [0.1, 0.15) is 4.88 Å². The Labute approximate surface area is 155 Å². The number of hydrogen-bond acceptors (Lipinski definition) is 5. The van der Waals surface area contributed by atoms with Crippen molar-refractivity contribution < 1.29 is 18.3 Å². The number of esters is 1. The lowest BCUT2D eigenvalue weighted by atomic mass is 10.2. The second-order valence-corrected chi connectivity index (χ2v) is 6.44. The summed E-state index contributed by atoms with van der Waals surface area (Å²) in [6, 6.07) is 9.45. The summed E-state index contributed by atoms with van der Waals surface area (Å²) in [5.74, 6) is 2.00. The molecule has 0 fully saturated rings. The normalized spacial score (nSPS) is 10.1. The van der Waals surface area contributed by atoms with Crippen LogP contribution in [0.1, 0.15) is 28.7 Å². The van der Waals surface area contributed by atoms with Crippen LogP contribution in [0.4, 0.5) is 19.6 Å². The maximum Gasteiger partial charge on any atom is 0.350 e. The van der Waals surface area contributed by atoms with E-state index in [9.17, 15) is 13.6 Å². The number of para-hydroxylation sites is 1. The number of ether oxygens (including phenoxy) is 1. The van der Waals surface area contributed by atoms with Crippen molar-refractivity contribution >= 4 is 28.1 Å². The van der Waals surface area contributed by atoms with Gasteiger partial charge in [0.2, 0.25) is 0 Å². The minimum atomic E-state index is -1.75. The first kappa shape index (κ1) is 19.6. The Morgan fingerprint density at radius 1 is 1.35 bits per heavy atom. The molecule has 26 heavy (non-hydrogen) atoms. The topological polar surface area (TPSA) is 42.4 Å². The highest BCUT2D eigenvalue weighted by molar-refractivity contribution is 7.17. The molecule has 0 spiro atoms. The summed E-state index contributed by atoms with van der Waals surface area (Å²) in [4.78, 5) is 18.8. The van der Waals surface area contributed by atoms with Crippen LogP contribution in [0.15, 0.2) is 42.0 Å². The summed E-state index contributed by atoms with van der Waals surface area (Å²) < 4.78 is 29.8. The summed E-state index contributed by atoms with van der Waals surface area (Å²) in [5.41, 5.74) is 1.28. The van der Waals surface area contributed by atoms with Crippen LogP contribution in [-0.2, 0) is 4.74 Å². The van der Waals surface area contributed by atoms with Gasteiger partial charge in [-0.3, -0.25) is 0 Å². The predicted molar refractivity (Wildman–Crippen MR) is 98.9 cm³/mol. The highest BCUT2D eigenvalue weighted by atomic mass is 32.1. The van der Waals surface area contributed by atoms with Crippen molar-refractivity contribution in [1.29, 1.82) is 0 Å². The van der Waals surface area contributed by atoms with E-state index in [-0.39, 0.29) is 18.6 Å². The first-order valence-electron chi connectivity index (χ1n) is 7.85. The van der Waals surface area contributed by atoms with Crippen molar-refractivity contribution in [2.45, 2.75) is 20.3 Å². The van der Waals surface area contributed by atoms with E-state index in [4.69, 9.17) is 11.2 Å². The zero-order valence-corrected chi connectivity index (χ0v) is 15.3. The van der Waals surface area contributed by atoms with Crippen molar-refractivity contribution in [3.63, 3.8) is 0 Å². The molecule has 1 heterocycles. The molecule has 1 aromatic carbocycles. The number of rotatable bonds is 7. The SMILES string of the molecule is C#CCN(c1ccccc1)c1nc(C)c(C(=O)OCCC(C)=C(F)F)s1. The average Bonchev–Trinajstić information content (AvgIpc) is 3.01. The average molecular weight is 376 g/mol. The third-order valence-electron chi connectivity index (χ3n) is 3.55. The second kappa shape index (κ2) is 9.11. The van der Waals surface area contributed by atoms with Gasteiger partial charge in [-0.25, -0.2) is 9.78 Å². The number of halogens is 2. The Bertz CT molecular complexity index is 837. The third kappa shape index (κ3) is 4.90. The molecule has 0 unspecified atom stereocenters. The van der Waals surface area contributed by atoms with E-state index >= 15 is 0 Å². The largest absolute Gasteiger partial charge is 0.461 e. The van der Waals surface area contributed by atoms with Gasteiger partial charge in [0.05, 0.1) is 18.8 Å². The van der Waals surface area contributed by atoms with E-state index in [0.29, 0.717) is 22.2 Å². The van der Waals surface area contributed by atoms with Crippen LogP contribution >= 0.6 is 11.3 Å². The van der Waals surface area contributed by atoms with Crippen LogP contribution in [0.5, 0.6) is 0 Å². The molecule has 2 aromatic rings. The first-order valence-corrected chi connectivity index (χ1v) is 8.67. The van der Waals surface area contributed by atoms with E-state index in [2.05, 4.69) is 10.9 Å². The third-order valence-corrected chi connectivity index (χ3v) is 4.71. The smallest absolute Gasteiger partial charge is 0.350 e. The second-order valence-electron chi connectivity index (χ2n) is 5.46. The predicted octanol–water partition coefficient (Wildman–Crippen LogP) is 4.94. The fourth-order valence-electron chi connectivity index (χ4n) is 2.11. The lowest BCUT2D eigenvalue weighted by Gasteiger charge is -2.18. The van der Waals surface area contributed by atoms with Crippen LogP contribution in [-0.4, -0.2) is 24.1 Å². The Morgan fingerprint density at radius 3 is 2.65 bits per heavy atom. The van der Waals surface area contributed by atoms with E-state index in [0.717, 1.165) is 17.0 Å². The van der Waals surface area contributed by atoms with Gasteiger partial charge in [-0.2, -0.15) is 8.78 Å². The highest BCUT2D eigenvalue weighted by Crippen LogP contribution is 2.31. The molecule has 0 aliphatic rings. The summed E-state index contributed by atoms with van der Waals surface area (Å²) in [5, 5.41) is 0.574. The molecule has 2 rings (SSSR count). The van der Waals surface area contributed by atoms with Crippen molar-refractivity contribution in [3.8, 4) is 12.3 Å². The Kier molecular flexibility index (Phi) is 6.87. The maximum atomic E-state index is 12.4. The number of nitrogens with zero attached hydrogens (tertiary/aromatic N) is 2. The number of benzene rings is 1. The minimum absolute atomic E-state index is 0.00792. The molecule has 0 bridgehead atoms. The zero-order valence-electron chi connectivity index (χ0n) is 14.5. The van der Waals surface area contributed by atoms with Crippen molar-refractivity contribution in [1.82, 2.24) is 4.98 Å². The van der Waals surface area contributed by atoms with Crippen molar-refractivity contribution in [2.75, 3.05) is 18.1 Å². The van der Waals surface area contributed by atoms with Gasteiger partial charge in [-0.15, -0.1) is 6.42 Å². The van der Waals surface area contributed by atoms with Crippen LogP contribution in [0.2, 0.25) is 0 Å². The van der Waals surface area contributed by atoms with Crippen LogP contribution in [0.3, 0.4) is 0 Å². The quantitative estimate of drug-likeness (QED) is 0.507. The number of aryl methyl sites for hydroxylation is 1. The number of anilines is 2. The number of aromatic nitrogens is 1. The van der Waals surface area contributed by atoms with E-state index in [1.54, 1.807) is 6.92 Å². The molecule has 0 radical (unpaired) electrons. The van der Waals surface area contributed by atoms with Gasteiger partial charge < -0.3 is 9.64 Å². The number of terminal acetylenes is 1. The molecule has 0 aliphatic heterocycles. The lowest BCUT2D eigenvalue weighted by molar-refractivity contribution is 0.0512. The molecular formula is C19H18F2N2O2S. The summed E-state index contributed by atoms with van der Waals surface area (Å²) >= 11 is 1.16. The number of thiazole rings is 1. The van der Waals surface area contributed by atoms with E-state index in [1.807, 2.05) is 35.2 Å². The molecule has 0 atom stereocenters. The molecule has 0 aliphatic carbocycles. The molecule has 0 amide bonds. The monoisotopic (exact) mass is 376 g/mol. The molecule has 4 nitrogen and oxygen atoms in total. The lowest BCUT2D eigenvalue weighted by Crippen LogP contribution is -2.16. The first-order chi connectivity index (χ1) is 12.4. The summed E-state index contributed by atoms with van der Waals surface area (Å²) in [6.07, 6.45) is 3.70.